The van der Waals surface area contributed by atoms with Gasteiger partial charge in [0.05, 0.1) is 10.5 Å². The van der Waals surface area contributed by atoms with Crippen molar-refractivity contribution in [2.45, 2.75) is 6.42 Å². The molecule has 0 spiro atoms. The van der Waals surface area contributed by atoms with Gasteiger partial charge in [-0.05, 0) is 23.8 Å². The monoisotopic (exact) mass is 239 g/mol. The van der Waals surface area contributed by atoms with E-state index in [1.165, 1.54) is 0 Å². The molecular weight excluding hydrogens is 233 g/mol. The predicted octanol–water partition coefficient (Wildman–Crippen LogP) is 3.28. The van der Waals surface area contributed by atoms with Gasteiger partial charge in [-0.3, -0.25) is 4.98 Å². The highest BCUT2D eigenvalue weighted by Gasteiger charge is 2.06. The van der Waals surface area contributed by atoms with E-state index in [2.05, 4.69) is 4.98 Å². The average molecular weight is 240 g/mol. The van der Waals surface area contributed by atoms with Gasteiger partial charge in [0, 0.05) is 23.0 Å². The van der Waals surface area contributed by atoms with Crippen LogP contribution < -0.4 is 0 Å². The number of hydrogen-bond acceptors (Lipinski definition) is 2. The maximum atomic E-state index is 10.4. The summed E-state index contributed by atoms with van der Waals surface area (Å²) in [5.41, 5.74) is 1.50. The van der Waals surface area contributed by atoms with Gasteiger partial charge >= 0.3 is 0 Å². The molecule has 0 radical (unpaired) electrons. The van der Waals surface area contributed by atoms with Crippen LogP contribution in [0.25, 0.3) is 10.9 Å². The molecule has 1 aromatic heterocycles. The van der Waals surface area contributed by atoms with Crippen LogP contribution in [0.2, 0.25) is 10.0 Å². The zero-order valence-electron chi connectivity index (χ0n) is 7.71. The van der Waals surface area contributed by atoms with E-state index in [1.54, 1.807) is 24.4 Å². The third-order valence-corrected chi connectivity index (χ3v) is 2.82. The molecule has 0 aliphatic heterocycles. The number of nitrogens with zero attached hydrogens (tertiary/aromatic N) is 1. The molecule has 0 N–H and O–H groups in total. The maximum absolute atomic E-state index is 10.4. The molecule has 15 heavy (non-hydrogen) atoms. The fourth-order valence-electron chi connectivity index (χ4n) is 1.41. The SMILES string of the molecule is O=CCc1cnc2ccc(Cl)cc2c1Cl. The lowest BCUT2D eigenvalue weighted by molar-refractivity contribution is -0.107. The summed E-state index contributed by atoms with van der Waals surface area (Å²) in [6.45, 7) is 0. The topological polar surface area (TPSA) is 30.0 Å². The highest BCUT2D eigenvalue weighted by atomic mass is 35.5. The number of carbonyl (C=O) groups excluding carboxylic acids is 1. The van der Waals surface area contributed by atoms with Crippen LogP contribution in [-0.2, 0) is 11.2 Å². The van der Waals surface area contributed by atoms with Crippen LogP contribution in [0.1, 0.15) is 5.56 Å². The summed E-state index contributed by atoms with van der Waals surface area (Å²) in [7, 11) is 0. The lowest BCUT2D eigenvalue weighted by Crippen LogP contribution is -1.91. The minimum Gasteiger partial charge on any atom is -0.303 e. The number of benzene rings is 1. The number of rotatable bonds is 2. The molecule has 0 atom stereocenters. The first-order chi connectivity index (χ1) is 7.22. The Bertz CT molecular complexity index is 525. The van der Waals surface area contributed by atoms with E-state index in [9.17, 15) is 4.79 Å². The number of carbonyl (C=O) groups is 1. The largest absolute Gasteiger partial charge is 0.303 e. The van der Waals surface area contributed by atoms with E-state index in [4.69, 9.17) is 23.2 Å². The summed E-state index contributed by atoms with van der Waals surface area (Å²) >= 11 is 12.0. The van der Waals surface area contributed by atoms with Crippen molar-refractivity contribution < 1.29 is 4.79 Å². The van der Waals surface area contributed by atoms with Crippen molar-refractivity contribution in [3.8, 4) is 0 Å². The summed E-state index contributed by atoms with van der Waals surface area (Å²) in [5.74, 6) is 0. The van der Waals surface area contributed by atoms with Gasteiger partial charge in [-0.2, -0.15) is 0 Å². The van der Waals surface area contributed by atoms with Crippen LogP contribution in [0, 0.1) is 0 Å². The van der Waals surface area contributed by atoms with Gasteiger partial charge in [0.25, 0.3) is 0 Å². The van der Waals surface area contributed by atoms with Gasteiger partial charge in [-0.15, -0.1) is 0 Å². The molecule has 76 valence electrons. The number of fused-ring (bicyclic) bond motifs is 1. The quantitative estimate of drug-likeness (QED) is 0.754. The van der Waals surface area contributed by atoms with Crippen LogP contribution in [0.3, 0.4) is 0 Å². The molecule has 2 nitrogen and oxygen atoms in total. The van der Waals surface area contributed by atoms with Crippen molar-refractivity contribution in [2.24, 2.45) is 0 Å². The summed E-state index contributed by atoms with van der Waals surface area (Å²) < 4.78 is 0. The number of halogens is 2. The highest BCUT2D eigenvalue weighted by Crippen LogP contribution is 2.27. The van der Waals surface area contributed by atoms with Crippen molar-refractivity contribution in [2.75, 3.05) is 0 Å². The van der Waals surface area contributed by atoms with E-state index < -0.39 is 0 Å². The van der Waals surface area contributed by atoms with Crippen molar-refractivity contribution in [3.05, 3.63) is 40.0 Å². The molecule has 4 heteroatoms. The van der Waals surface area contributed by atoms with Gasteiger partial charge in [0.2, 0.25) is 0 Å². The molecule has 1 heterocycles. The fraction of sp³-hybridized carbons (Fsp3) is 0.0909. The molecule has 0 fully saturated rings. The van der Waals surface area contributed by atoms with Gasteiger partial charge in [-0.1, -0.05) is 23.2 Å². The second kappa shape index (κ2) is 4.17. The average Bonchev–Trinajstić information content (AvgIpc) is 2.23. The Kier molecular flexibility index (Phi) is 2.89. The van der Waals surface area contributed by atoms with E-state index in [-0.39, 0.29) is 6.42 Å². The molecule has 0 amide bonds. The molecule has 2 aromatic rings. The zero-order valence-corrected chi connectivity index (χ0v) is 9.22. The number of aromatic nitrogens is 1. The van der Waals surface area contributed by atoms with Crippen molar-refractivity contribution in [1.82, 2.24) is 4.98 Å². The van der Waals surface area contributed by atoms with Gasteiger partial charge in [0.15, 0.2) is 0 Å². The highest BCUT2D eigenvalue weighted by molar-refractivity contribution is 6.37. The molecule has 0 saturated heterocycles. The van der Waals surface area contributed by atoms with E-state index in [0.717, 1.165) is 22.8 Å². The molecule has 0 aliphatic rings. The smallest absolute Gasteiger partial charge is 0.124 e. The van der Waals surface area contributed by atoms with Crippen LogP contribution in [-0.4, -0.2) is 11.3 Å². The molecule has 0 aliphatic carbocycles. The zero-order chi connectivity index (χ0) is 10.8. The van der Waals surface area contributed by atoms with Gasteiger partial charge in [-0.25, -0.2) is 0 Å². The van der Waals surface area contributed by atoms with Crippen molar-refractivity contribution >= 4 is 40.4 Å². The molecule has 0 saturated carbocycles. The summed E-state index contributed by atoms with van der Waals surface area (Å²) in [4.78, 5) is 14.6. The van der Waals surface area contributed by atoms with Crippen LogP contribution in [0.5, 0.6) is 0 Å². The molecule has 1 aromatic carbocycles. The Morgan fingerprint density at radius 2 is 2.13 bits per heavy atom. The summed E-state index contributed by atoms with van der Waals surface area (Å²) in [6.07, 6.45) is 2.69. The maximum Gasteiger partial charge on any atom is 0.124 e. The van der Waals surface area contributed by atoms with Gasteiger partial charge in [0.1, 0.15) is 6.29 Å². The van der Waals surface area contributed by atoms with E-state index >= 15 is 0 Å². The van der Waals surface area contributed by atoms with E-state index in [0.29, 0.717) is 10.0 Å². The Morgan fingerprint density at radius 1 is 1.33 bits per heavy atom. The summed E-state index contributed by atoms with van der Waals surface area (Å²) in [6, 6.07) is 5.31. The molecule has 2 rings (SSSR count). The van der Waals surface area contributed by atoms with Crippen LogP contribution in [0.4, 0.5) is 0 Å². The van der Waals surface area contributed by atoms with Crippen LogP contribution in [0.15, 0.2) is 24.4 Å². The molecule has 0 bridgehead atoms. The lowest BCUT2D eigenvalue weighted by Gasteiger charge is -2.04. The predicted molar refractivity (Wildman–Crippen MR) is 61.5 cm³/mol. The Morgan fingerprint density at radius 3 is 2.87 bits per heavy atom. The van der Waals surface area contributed by atoms with Crippen LogP contribution >= 0.6 is 23.2 Å². The number of aldehydes is 1. The molecular formula is C11H7Cl2NO. The molecule has 0 unspecified atom stereocenters. The Labute approximate surface area is 96.8 Å². The fourth-order valence-corrected chi connectivity index (χ4v) is 1.86. The van der Waals surface area contributed by atoms with Crippen molar-refractivity contribution in [3.63, 3.8) is 0 Å². The first-order valence-corrected chi connectivity index (χ1v) is 5.14. The Hall–Kier alpha value is -1.12. The van der Waals surface area contributed by atoms with Gasteiger partial charge < -0.3 is 4.79 Å². The Balaban J connectivity index is 2.70. The number of hydrogen-bond donors (Lipinski definition) is 0. The van der Waals surface area contributed by atoms with Crippen molar-refractivity contribution in [1.29, 1.82) is 0 Å². The third-order valence-electron chi connectivity index (χ3n) is 2.14. The lowest BCUT2D eigenvalue weighted by atomic mass is 10.1. The van der Waals surface area contributed by atoms with E-state index in [1.807, 2.05) is 0 Å². The minimum absolute atomic E-state index is 0.272. The third kappa shape index (κ3) is 1.96. The summed E-state index contributed by atoms with van der Waals surface area (Å²) in [5, 5.41) is 1.94. The number of pyridine rings is 1. The minimum atomic E-state index is 0.272. The second-order valence-corrected chi connectivity index (χ2v) is 3.94. The second-order valence-electron chi connectivity index (χ2n) is 3.13. The standard InChI is InChI=1S/C11H7Cl2NO/c12-8-1-2-10-9(5-8)11(13)7(3-4-15)6-14-10/h1-2,4-6H,3H2. The normalized spacial score (nSPS) is 10.5. The first kappa shape index (κ1) is 10.4. The first-order valence-electron chi connectivity index (χ1n) is 4.38.